The number of hydrogen-bond acceptors (Lipinski definition) is 4. The number of halogens is 1. The van der Waals surface area contributed by atoms with E-state index >= 15 is 0 Å². The van der Waals surface area contributed by atoms with Crippen molar-refractivity contribution in [2.45, 2.75) is 46.2 Å². The third-order valence-electron chi connectivity index (χ3n) is 4.91. The monoisotopic (exact) mass is 446 g/mol. The molecule has 0 saturated carbocycles. The van der Waals surface area contributed by atoms with Crippen molar-refractivity contribution < 1.29 is 19.1 Å². The average molecular weight is 447 g/mol. The van der Waals surface area contributed by atoms with Crippen LogP contribution in [0.1, 0.15) is 37.8 Å². The topological polar surface area (TPSA) is 67.9 Å². The SMILES string of the molecule is CCCNC(=O)[C@@H](CC)N(Cc1cccc(OC)c1)C(=O)COc1ccc(Cl)c(C)c1. The fourth-order valence-corrected chi connectivity index (χ4v) is 3.31. The normalized spacial score (nSPS) is 11.5. The summed E-state index contributed by atoms with van der Waals surface area (Å²) in [5.74, 6) is 0.818. The van der Waals surface area contributed by atoms with Crippen LogP contribution in [-0.2, 0) is 16.1 Å². The van der Waals surface area contributed by atoms with Gasteiger partial charge in [-0.25, -0.2) is 0 Å². The maximum atomic E-state index is 13.2. The first-order chi connectivity index (χ1) is 14.9. The predicted molar refractivity (Wildman–Crippen MR) is 123 cm³/mol. The highest BCUT2D eigenvalue weighted by atomic mass is 35.5. The van der Waals surface area contributed by atoms with Gasteiger partial charge in [-0.05, 0) is 61.2 Å². The standard InChI is InChI=1S/C24H31ClN2O4/c1-5-12-26-24(29)22(6-2)27(15-18-8-7-9-19(14-18)30-4)23(28)16-31-20-10-11-21(25)17(3)13-20/h7-11,13-14,22H,5-6,12,15-16H2,1-4H3,(H,26,29)/t22-/m1/s1. The van der Waals surface area contributed by atoms with Crippen LogP contribution in [0, 0.1) is 6.92 Å². The third-order valence-corrected chi connectivity index (χ3v) is 5.34. The molecule has 0 aliphatic rings. The Labute approximate surface area is 189 Å². The molecular weight excluding hydrogens is 416 g/mol. The van der Waals surface area contributed by atoms with Crippen molar-refractivity contribution >= 4 is 23.4 Å². The van der Waals surface area contributed by atoms with Crippen molar-refractivity contribution in [3.8, 4) is 11.5 Å². The van der Waals surface area contributed by atoms with Gasteiger partial charge in [-0.2, -0.15) is 0 Å². The zero-order chi connectivity index (χ0) is 22.8. The summed E-state index contributed by atoms with van der Waals surface area (Å²) >= 11 is 6.06. The van der Waals surface area contributed by atoms with Crippen molar-refractivity contribution in [3.05, 3.63) is 58.6 Å². The van der Waals surface area contributed by atoms with Crippen molar-refractivity contribution in [1.29, 1.82) is 0 Å². The van der Waals surface area contributed by atoms with Crippen molar-refractivity contribution in [2.75, 3.05) is 20.3 Å². The molecule has 0 fully saturated rings. The second-order valence-corrected chi connectivity index (χ2v) is 7.70. The van der Waals surface area contributed by atoms with Crippen LogP contribution >= 0.6 is 11.6 Å². The molecule has 1 N–H and O–H groups in total. The fourth-order valence-electron chi connectivity index (χ4n) is 3.19. The van der Waals surface area contributed by atoms with Gasteiger partial charge in [0.2, 0.25) is 5.91 Å². The van der Waals surface area contributed by atoms with E-state index in [4.69, 9.17) is 21.1 Å². The molecule has 0 aromatic heterocycles. The summed E-state index contributed by atoms with van der Waals surface area (Å²) in [7, 11) is 1.59. The predicted octanol–water partition coefficient (Wildman–Crippen LogP) is 4.37. The zero-order valence-electron chi connectivity index (χ0n) is 18.6. The summed E-state index contributed by atoms with van der Waals surface area (Å²) in [6.45, 7) is 6.42. The maximum absolute atomic E-state index is 13.2. The summed E-state index contributed by atoms with van der Waals surface area (Å²) in [4.78, 5) is 27.5. The van der Waals surface area contributed by atoms with Crippen molar-refractivity contribution in [3.63, 3.8) is 0 Å². The van der Waals surface area contributed by atoms with E-state index in [-0.39, 0.29) is 25.0 Å². The first-order valence-electron chi connectivity index (χ1n) is 10.5. The van der Waals surface area contributed by atoms with E-state index in [1.165, 1.54) is 0 Å². The summed E-state index contributed by atoms with van der Waals surface area (Å²) < 4.78 is 11.0. The van der Waals surface area contributed by atoms with E-state index in [0.29, 0.717) is 29.5 Å². The molecule has 0 aliphatic carbocycles. The molecule has 7 heteroatoms. The number of ether oxygens (including phenoxy) is 2. The van der Waals surface area contributed by atoms with Gasteiger partial charge in [0.15, 0.2) is 6.61 Å². The Morgan fingerprint density at radius 1 is 1.13 bits per heavy atom. The highest BCUT2D eigenvalue weighted by Gasteiger charge is 2.28. The molecule has 0 heterocycles. The molecule has 1 atom stereocenters. The number of nitrogens with one attached hydrogen (secondary N) is 1. The first kappa shape index (κ1) is 24.5. The lowest BCUT2D eigenvalue weighted by molar-refractivity contribution is -0.143. The summed E-state index contributed by atoms with van der Waals surface area (Å²) in [6, 6.07) is 12.1. The number of carbonyl (C=O) groups excluding carboxylic acids is 2. The van der Waals surface area contributed by atoms with Gasteiger partial charge in [0.1, 0.15) is 17.5 Å². The largest absolute Gasteiger partial charge is 0.497 e. The second-order valence-electron chi connectivity index (χ2n) is 7.29. The minimum absolute atomic E-state index is 0.164. The Balaban J connectivity index is 2.22. The number of amides is 2. The molecule has 0 saturated heterocycles. The molecule has 2 amide bonds. The lowest BCUT2D eigenvalue weighted by Gasteiger charge is -2.30. The van der Waals surface area contributed by atoms with E-state index in [1.807, 2.05) is 45.0 Å². The van der Waals surface area contributed by atoms with Crippen LogP contribution in [0.25, 0.3) is 0 Å². The van der Waals surface area contributed by atoms with E-state index < -0.39 is 6.04 Å². The highest BCUT2D eigenvalue weighted by Crippen LogP contribution is 2.22. The van der Waals surface area contributed by atoms with Gasteiger partial charge >= 0.3 is 0 Å². The molecule has 0 bridgehead atoms. The maximum Gasteiger partial charge on any atom is 0.261 e. The van der Waals surface area contributed by atoms with Gasteiger partial charge in [0.25, 0.3) is 5.91 Å². The second kappa shape index (κ2) is 12.2. The molecule has 0 unspecified atom stereocenters. The Bertz CT molecular complexity index is 888. The van der Waals surface area contributed by atoms with Crippen LogP contribution < -0.4 is 14.8 Å². The summed E-state index contributed by atoms with van der Waals surface area (Å²) in [5.41, 5.74) is 1.74. The van der Waals surface area contributed by atoms with E-state index in [0.717, 1.165) is 17.5 Å². The third kappa shape index (κ3) is 7.17. The lowest BCUT2D eigenvalue weighted by atomic mass is 10.1. The van der Waals surface area contributed by atoms with Crippen LogP contribution in [0.5, 0.6) is 11.5 Å². The first-order valence-corrected chi connectivity index (χ1v) is 10.9. The van der Waals surface area contributed by atoms with Gasteiger partial charge in [-0.3, -0.25) is 9.59 Å². The zero-order valence-corrected chi connectivity index (χ0v) is 19.4. The number of carbonyl (C=O) groups is 2. The number of hydrogen-bond donors (Lipinski definition) is 1. The molecular formula is C24H31ClN2O4. The molecule has 168 valence electrons. The smallest absolute Gasteiger partial charge is 0.261 e. The number of methoxy groups -OCH3 is 1. The molecule has 2 rings (SSSR count). The number of rotatable bonds is 11. The Morgan fingerprint density at radius 3 is 2.55 bits per heavy atom. The highest BCUT2D eigenvalue weighted by molar-refractivity contribution is 6.31. The summed E-state index contributed by atoms with van der Waals surface area (Å²) in [6.07, 6.45) is 1.32. The minimum Gasteiger partial charge on any atom is -0.497 e. The van der Waals surface area contributed by atoms with Gasteiger partial charge in [-0.1, -0.05) is 37.6 Å². The van der Waals surface area contributed by atoms with Crippen LogP contribution in [0.15, 0.2) is 42.5 Å². The van der Waals surface area contributed by atoms with E-state index in [2.05, 4.69) is 5.32 Å². The lowest BCUT2D eigenvalue weighted by Crippen LogP contribution is -2.50. The van der Waals surface area contributed by atoms with Crippen molar-refractivity contribution in [1.82, 2.24) is 10.2 Å². The quantitative estimate of drug-likeness (QED) is 0.556. The van der Waals surface area contributed by atoms with Crippen LogP contribution in [-0.4, -0.2) is 43.0 Å². The van der Waals surface area contributed by atoms with Crippen LogP contribution in [0.4, 0.5) is 0 Å². The molecule has 0 spiro atoms. The number of aryl methyl sites for hydroxylation is 1. The molecule has 31 heavy (non-hydrogen) atoms. The van der Waals surface area contributed by atoms with Gasteiger partial charge in [0.05, 0.1) is 7.11 Å². The van der Waals surface area contributed by atoms with Gasteiger partial charge in [-0.15, -0.1) is 0 Å². The van der Waals surface area contributed by atoms with E-state index in [9.17, 15) is 9.59 Å². The number of benzene rings is 2. The fraction of sp³-hybridized carbons (Fsp3) is 0.417. The Hall–Kier alpha value is -2.73. The van der Waals surface area contributed by atoms with Crippen LogP contribution in [0.2, 0.25) is 5.02 Å². The molecule has 0 aliphatic heterocycles. The molecule has 2 aromatic rings. The minimum atomic E-state index is -0.596. The van der Waals surface area contributed by atoms with Crippen molar-refractivity contribution in [2.24, 2.45) is 0 Å². The van der Waals surface area contributed by atoms with Gasteiger partial charge < -0.3 is 19.7 Å². The molecule has 0 radical (unpaired) electrons. The van der Waals surface area contributed by atoms with Gasteiger partial charge in [0, 0.05) is 18.1 Å². The number of nitrogens with zero attached hydrogens (tertiary/aromatic N) is 1. The molecule has 2 aromatic carbocycles. The average Bonchev–Trinajstić information content (AvgIpc) is 2.78. The molecule has 6 nitrogen and oxygen atoms in total. The summed E-state index contributed by atoms with van der Waals surface area (Å²) in [5, 5.41) is 3.54. The van der Waals surface area contributed by atoms with E-state index in [1.54, 1.807) is 30.2 Å². The Kier molecular flexibility index (Phi) is 9.66. The Morgan fingerprint density at radius 2 is 1.90 bits per heavy atom. The van der Waals surface area contributed by atoms with Crippen LogP contribution in [0.3, 0.4) is 0 Å².